The zero-order valence-corrected chi connectivity index (χ0v) is 18.3. The van der Waals surface area contributed by atoms with Crippen LogP contribution in [0.15, 0.2) is 42.5 Å². The van der Waals surface area contributed by atoms with E-state index >= 15 is 0 Å². The topological polar surface area (TPSA) is 65.0 Å². The number of fused-ring (bicyclic) bond motifs is 1. The molecule has 1 amide bonds. The zero-order valence-electron chi connectivity index (χ0n) is 18.3. The van der Waals surface area contributed by atoms with Crippen LogP contribution < -0.4 is 15.0 Å². The van der Waals surface area contributed by atoms with Gasteiger partial charge in [0.05, 0.1) is 11.4 Å². The van der Waals surface area contributed by atoms with Crippen molar-refractivity contribution >= 4 is 17.3 Å². The molecule has 1 aliphatic carbocycles. The first-order valence-corrected chi connectivity index (χ1v) is 11.4. The summed E-state index contributed by atoms with van der Waals surface area (Å²) in [6.45, 7) is 5.91. The fourth-order valence-electron chi connectivity index (χ4n) is 4.63. The number of nitrogens with zero attached hydrogens (tertiary/aromatic N) is 2. The van der Waals surface area contributed by atoms with E-state index in [2.05, 4.69) is 27.2 Å². The maximum absolute atomic E-state index is 11.5. The van der Waals surface area contributed by atoms with E-state index in [0.717, 1.165) is 56.1 Å². The highest BCUT2D eigenvalue weighted by molar-refractivity contribution is 5.92. The van der Waals surface area contributed by atoms with Crippen molar-refractivity contribution in [3.8, 4) is 5.75 Å². The number of aryl methyl sites for hydroxylation is 1. The molecule has 1 unspecified atom stereocenters. The van der Waals surface area contributed by atoms with Crippen molar-refractivity contribution < 1.29 is 14.6 Å². The second kappa shape index (κ2) is 10.2. The number of aliphatic hydroxyl groups is 1. The standard InChI is InChI=1S/C25H33N3O3/c1-19(29)26-23-10-4-5-11-24(23)28-15-13-27(14-16-28)17-21(30)18-31-25-12-6-8-20-7-2-3-9-22(20)25/h4-6,8,10-12,21,30H,2-3,7,9,13-18H2,1H3,(H,26,29). The van der Waals surface area contributed by atoms with Gasteiger partial charge in [-0.25, -0.2) is 0 Å². The number of hydrogen-bond acceptors (Lipinski definition) is 5. The average Bonchev–Trinajstić information content (AvgIpc) is 2.78. The minimum absolute atomic E-state index is 0.0612. The zero-order chi connectivity index (χ0) is 21.6. The number of amides is 1. The lowest BCUT2D eigenvalue weighted by molar-refractivity contribution is -0.114. The van der Waals surface area contributed by atoms with E-state index in [4.69, 9.17) is 4.74 Å². The first-order chi connectivity index (χ1) is 15.1. The maximum Gasteiger partial charge on any atom is 0.221 e. The molecule has 2 aliphatic rings. The number of anilines is 2. The molecule has 2 aromatic rings. The Labute approximate surface area is 184 Å². The van der Waals surface area contributed by atoms with Crippen molar-refractivity contribution in [2.45, 2.75) is 38.7 Å². The lowest BCUT2D eigenvalue weighted by atomic mass is 9.91. The van der Waals surface area contributed by atoms with Crippen LogP contribution >= 0.6 is 0 Å². The fraction of sp³-hybridized carbons (Fsp3) is 0.480. The molecule has 0 saturated carbocycles. The van der Waals surface area contributed by atoms with Gasteiger partial charge in [0.15, 0.2) is 0 Å². The fourth-order valence-corrected chi connectivity index (χ4v) is 4.63. The first kappa shape index (κ1) is 21.7. The van der Waals surface area contributed by atoms with Crippen LogP contribution in [-0.4, -0.2) is 61.3 Å². The van der Waals surface area contributed by atoms with Crippen LogP contribution in [0.3, 0.4) is 0 Å². The maximum atomic E-state index is 11.5. The van der Waals surface area contributed by atoms with Crippen molar-refractivity contribution in [2.24, 2.45) is 0 Å². The Morgan fingerprint density at radius 1 is 1.06 bits per heavy atom. The van der Waals surface area contributed by atoms with E-state index in [1.54, 1.807) is 0 Å². The first-order valence-electron chi connectivity index (χ1n) is 11.4. The van der Waals surface area contributed by atoms with Gasteiger partial charge in [-0.1, -0.05) is 24.3 Å². The molecule has 6 nitrogen and oxygen atoms in total. The lowest BCUT2D eigenvalue weighted by Gasteiger charge is -2.37. The van der Waals surface area contributed by atoms with Crippen molar-refractivity contribution in [3.05, 3.63) is 53.6 Å². The molecular weight excluding hydrogens is 390 g/mol. The normalized spacial score (nSPS) is 17.7. The molecule has 1 saturated heterocycles. The Morgan fingerprint density at radius 2 is 1.84 bits per heavy atom. The van der Waals surface area contributed by atoms with Gasteiger partial charge in [-0.3, -0.25) is 9.69 Å². The minimum Gasteiger partial charge on any atom is -0.491 e. The van der Waals surface area contributed by atoms with Crippen molar-refractivity contribution in [1.29, 1.82) is 0 Å². The number of aliphatic hydroxyl groups excluding tert-OH is 1. The van der Waals surface area contributed by atoms with E-state index < -0.39 is 6.10 Å². The Bertz CT molecular complexity index is 893. The Morgan fingerprint density at radius 3 is 2.65 bits per heavy atom. The molecule has 1 heterocycles. The third kappa shape index (κ3) is 5.57. The number of β-amino-alcohol motifs (C(OH)–C–C–N with tert-alkyl or cyclic N) is 1. The van der Waals surface area contributed by atoms with E-state index in [-0.39, 0.29) is 5.91 Å². The van der Waals surface area contributed by atoms with E-state index in [1.807, 2.05) is 30.3 Å². The molecule has 0 bridgehead atoms. The lowest BCUT2D eigenvalue weighted by Crippen LogP contribution is -2.49. The molecule has 1 aliphatic heterocycles. The smallest absolute Gasteiger partial charge is 0.221 e. The van der Waals surface area contributed by atoms with Crippen LogP contribution in [0.1, 0.15) is 30.9 Å². The molecule has 4 rings (SSSR count). The van der Waals surface area contributed by atoms with E-state index in [9.17, 15) is 9.90 Å². The molecule has 0 radical (unpaired) electrons. The number of piperazine rings is 1. The number of carbonyl (C=O) groups excluding carboxylic acids is 1. The molecule has 1 fully saturated rings. The van der Waals surface area contributed by atoms with Crippen LogP contribution in [0.25, 0.3) is 0 Å². The van der Waals surface area contributed by atoms with Gasteiger partial charge < -0.3 is 20.1 Å². The number of para-hydroxylation sites is 2. The summed E-state index contributed by atoms with van der Waals surface area (Å²) in [7, 11) is 0. The van der Waals surface area contributed by atoms with Crippen LogP contribution in [0.4, 0.5) is 11.4 Å². The summed E-state index contributed by atoms with van der Waals surface area (Å²) in [5.41, 5.74) is 4.62. The van der Waals surface area contributed by atoms with Gasteiger partial charge in [-0.05, 0) is 55.0 Å². The number of rotatable bonds is 7. The summed E-state index contributed by atoms with van der Waals surface area (Å²) in [6, 6.07) is 14.2. The SMILES string of the molecule is CC(=O)Nc1ccccc1N1CCN(CC(O)COc2cccc3c2CCCC3)CC1. The quantitative estimate of drug-likeness (QED) is 0.717. The van der Waals surface area contributed by atoms with Crippen molar-refractivity contribution in [1.82, 2.24) is 4.90 Å². The Kier molecular flexibility index (Phi) is 7.10. The number of nitrogens with one attached hydrogen (secondary N) is 1. The molecule has 2 aromatic carbocycles. The number of carbonyl (C=O) groups is 1. The molecule has 2 N–H and O–H groups in total. The van der Waals surface area contributed by atoms with E-state index in [1.165, 1.54) is 30.9 Å². The number of benzene rings is 2. The summed E-state index contributed by atoms with van der Waals surface area (Å²) in [4.78, 5) is 16.1. The number of hydrogen-bond donors (Lipinski definition) is 2. The molecule has 166 valence electrons. The second-order valence-corrected chi connectivity index (χ2v) is 8.55. The van der Waals surface area contributed by atoms with Gasteiger partial charge >= 0.3 is 0 Å². The van der Waals surface area contributed by atoms with Gasteiger partial charge in [0.1, 0.15) is 18.5 Å². The molecule has 0 aromatic heterocycles. The highest BCUT2D eigenvalue weighted by atomic mass is 16.5. The molecule has 0 spiro atoms. The molecule has 31 heavy (non-hydrogen) atoms. The summed E-state index contributed by atoms with van der Waals surface area (Å²) < 4.78 is 6.02. The number of ether oxygens (including phenoxy) is 1. The highest BCUT2D eigenvalue weighted by Gasteiger charge is 2.22. The largest absolute Gasteiger partial charge is 0.491 e. The van der Waals surface area contributed by atoms with Gasteiger partial charge in [-0.2, -0.15) is 0 Å². The second-order valence-electron chi connectivity index (χ2n) is 8.55. The minimum atomic E-state index is -0.516. The van der Waals surface area contributed by atoms with Crippen LogP contribution in [-0.2, 0) is 17.6 Å². The predicted molar refractivity (Wildman–Crippen MR) is 124 cm³/mol. The van der Waals surface area contributed by atoms with Crippen molar-refractivity contribution in [3.63, 3.8) is 0 Å². The van der Waals surface area contributed by atoms with Crippen LogP contribution in [0.5, 0.6) is 5.75 Å². The third-order valence-electron chi connectivity index (χ3n) is 6.18. The molecular formula is C25H33N3O3. The van der Waals surface area contributed by atoms with Gasteiger partial charge in [0.2, 0.25) is 5.91 Å². The van der Waals surface area contributed by atoms with Crippen LogP contribution in [0.2, 0.25) is 0 Å². The van der Waals surface area contributed by atoms with Crippen LogP contribution in [0, 0.1) is 0 Å². The van der Waals surface area contributed by atoms with Gasteiger partial charge in [0, 0.05) is 39.6 Å². The summed E-state index contributed by atoms with van der Waals surface area (Å²) >= 11 is 0. The molecule has 6 heteroatoms. The van der Waals surface area contributed by atoms with Crippen molar-refractivity contribution in [2.75, 3.05) is 49.5 Å². The predicted octanol–water partition coefficient (Wildman–Crippen LogP) is 3.09. The summed E-state index contributed by atoms with van der Waals surface area (Å²) in [5, 5.41) is 13.5. The molecule has 1 atom stereocenters. The Balaban J connectivity index is 1.26. The average molecular weight is 424 g/mol. The monoisotopic (exact) mass is 423 g/mol. The van der Waals surface area contributed by atoms with E-state index in [0.29, 0.717) is 13.2 Å². The highest BCUT2D eigenvalue weighted by Crippen LogP contribution is 2.30. The van der Waals surface area contributed by atoms with Gasteiger partial charge in [0.25, 0.3) is 0 Å². The third-order valence-corrected chi connectivity index (χ3v) is 6.18. The summed E-state index contributed by atoms with van der Waals surface area (Å²) in [6.07, 6.45) is 4.15. The summed E-state index contributed by atoms with van der Waals surface area (Å²) in [5.74, 6) is 0.879. The van der Waals surface area contributed by atoms with Gasteiger partial charge in [-0.15, -0.1) is 0 Å². The Hall–Kier alpha value is -2.57.